The van der Waals surface area contributed by atoms with Gasteiger partial charge < -0.3 is 9.26 Å². The molecule has 0 radical (unpaired) electrons. The summed E-state index contributed by atoms with van der Waals surface area (Å²) in [5.41, 5.74) is 0.853. The minimum absolute atomic E-state index is 0.336. The SMILES string of the molecule is COC(C)(C)c1nc([C@@H]2C[C@H](c3ccccc3)N3CCC[C@@H]23)no1. The first kappa shape index (κ1) is 15.8. The maximum atomic E-state index is 5.52. The van der Waals surface area contributed by atoms with Crippen LogP contribution in [0.1, 0.15) is 62.3 Å². The lowest BCUT2D eigenvalue weighted by Gasteiger charge is -2.24. The molecule has 5 nitrogen and oxygen atoms in total. The van der Waals surface area contributed by atoms with Crippen LogP contribution in [0.25, 0.3) is 0 Å². The predicted molar refractivity (Wildman–Crippen MR) is 90.6 cm³/mol. The summed E-state index contributed by atoms with van der Waals surface area (Å²) in [6.07, 6.45) is 3.52. The summed E-state index contributed by atoms with van der Waals surface area (Å²) in [4.78, 5) is 7.33. The van der Waals surface area contributed by atoms with Crippen molar-refractivity contribution in [3.63, 3.8) is 0 Å². The average molecular weight is 327 g/mol. The second-order valence-corrected chi connectivity index (χ2v) is 7.39. The van der Waals surface area contributed by atoms with Crippen LogP contribution in [0.3, 0.4) is 0 Å². The molecule has 2 aliphatic rings. The minimum Gasteiger partial charge on any atom is -0.369 e. The van der Waals surface area contributed by atoms with E-state index in [0.29, 0.717) is 23.9 Å². The van der Waals surface area contributed by atoms with Gasteiger partial charge in [0, 0.05) is 25.1 Å². The molecule has 0 bridgehead atoms. The van der Waals surface area contributed by atoms with Crippen LogP contribution in [-0.2, 0) is 10.3 Å². The molecule has 0 amide bonds. The third-order valence-corrected chi connectivity index (χ3v) is 5.67. The van der Waals surface area contributed by atoms with Crippen molar-refractivity contribution < 1.29 is 9.26 Å². The maximum Gasteiger partial charge on any atom is 0.258 e. The lowest BCUT2D eigenvalue weighted by atomic mass is 9.94. The van der Waals surface area contributed by atoms with Gasteiger partial charge in [-0.25, -0.2) is 0 Å². The van der Waals surface area contributed by atoms with Gasteiger partial charge in [0.2, 0.25) is 0 Å². The molecule has 0 N–H and O–H groups in total. The van der Waals surface area contributed by atoms with Gasteiger partial charge >= 0.3 is 0 Å². The monoisotopic (exact) mass is 327 g/mol. The second-order valence-electron chi connectivity index (χ2n) is 7.39. The van der Waals surface area contributed by atoms with Crippen molar-refractivity contribution in [2.45, 2.75) is 56.7 Å². The Morgan fingerprint density at radius 2 is 2.04 bits per heavy atom. The van der Waals surface area contributed by atoms with Crippen molar-refractivity contribution in [1.82, 2.24) is 15.0 Å². The van der Waals surface area contributed by atoms with Crippen LogP contribution >= 0.6 is 0 Å². The third kappa shape index (κ3) is 2.56. The molecule has 24 heavy (non-hydrogen) atoms. The van der Waals surface area contributed by atoms with E-state index in [2.05, 4.69) is 40.4 Å². The zero-order valence-corrected chi connectivity index (χ0v) is 14.6. The van der Waals surface area contributed by atoms with Gasteiger partial charge in [0.05, 0.1) is 0 Å². The van der Waals surface area contributed by atoms with E-state index in [9.17, 15) is 0 Å². The molecule has 0 spiro atoms. The van der Waals surface area contributed by atoms with Crippen LogP contribution in [0.4, 0.5) is 0 Å². The number of ether oxygens (including phenoxy) is 1. The molecule has 1 aromatic carbocycles. The second kappa shape index (κ2) is 5.97. The zero-order chi connectivity index (χ0) is 16.7. The quantitative estimate of drug-likeness (QED) is 0.858. The molecule has 128 valence electrons. The molecule has 3 heterocycles. The third-order valence-electron chi connectivity index (χ3n) is 5.67. The molecular weight excluding hydrogens is 302 g/mol. The lowest BCUT2D eigenvalue weighted by molar-refractivity contribution is -0.00786. The minimum atomic E-state index is -0.544. The molecule has 2 saturated heterocycles. The molecule has 2 aromatic rings. The van der Waals surface area contributed by atoms with Gasteiger partial charge in [-0.15, -0.1) is 0 Å². The van der Waals surface area contributed by atoms with Crippen LogP contribution in [0.15, 0.2) is 34.9 Å². The molecule has 2 aliphatic heterocycles. The van der Waals surface area contributed by atoms with Gasteiger partial charge in [0.1, 0.15) is 5.60 Å². The van der Waals surface area contributed by atoms with Gasteiger partial charge in [0.25, 0.3) is 5.89 Å². The fourth-order valence-corrected chi connectivity index (χ4v) is 4.16. The van der Waals surface area contributed by atoms with Gasteiger partial charge in [-0.3, -0.25) is 4.90 Å². The molecular formula is C19H25N3O2. The lowest BCUT2D eigenvalue weighted by Crippen LogP contribution is -2.27. The number of hydrogen-bond donors (Lipinski definition) is 0. The number of benzene rings is 1. The number of nitrogens with zero attached hydrogens (tertiary/aromatic N) is 3. The first-order chi connectivity index (χ1) is 11.6. The fourth-order valence-electron chi connectivity index (χ4n) is 4.16. The summed E-state index contributed by atoms with van der Waals surface area (Å²) in [5.74, 6) is 1.74. The number of rotatable bonds is 4. The predicted octanol–water partition coefficient (Wildman–Crippen LogP) is 3.64. The molecule has 0 saturated carbocycles. The largest absolute Gasteiger partial charge is 0.369 e. The smallest absolute Gasteiger partial charge is 0.258 e. The first-order valence-corrected chi connectivity index (χ1v) is 8.80. The van der Waals surface area contributed by atoms with Crippen molar-refractivity contribution >= 4 is 0 Å². The van der Waals surface area contributed by atoms with Crippen molar-refractivity contribution in [2.24, 2.45) is 0 Å². The van der Waals surface area contributed by atoms with E-state index in [0.717, 1.165) is 18.8 Å². The Balaban J connectivity index is 1.62. The van der Waals surface area contributed by atoms with Gasteiger partial charge in [-0.1, -0.05) is 35.5 Å². The topological polar surface area (TPSA) is 51.4 Å². The highest BCUT2D eigenvalue weighted by atomic mass is 16.5. The van der Waals surface area contributed by atoms with Crippen LogP contribution in [0, 0.1) is 0 Å². The number of aromatic nitrogens is 2. The van der Waals surface area contributed by atoms with E-state index < -0.39 is 5.60 Å². The van der Waals surface area contributed by atoms with Crippen LogP contribution in [0.2, 0.25) is 0 Å². The van der Waals surface area contributed by atoms with E-state index in [1.54, 1.807) is 7.11 Å². The van der Waals surface area contributed by atoms with Crippen LogP contribution in [-0.4, -0.2) is 34.7 Å². The fraction of sp³-hybridized carbons (Fsp3) is 0.579. The van der Waals surface area contributed by atoms with Crippen LogP contribution < -0.4 is 0 Å². The highest BCUT2D eigenvalue weighted by Crippen LogP contribution is 2.48. The molecule has 1 aromatic heterocycles. The summed E-state index contributed by atoms with van der Waals surface area (Å²) < 4.78 is 11.0. The molecule has 2 fully saturated rings. The van der Waals surface area contributed by atoms with Crippen molar-refractivity contribution in [1.29, 1.82) is 0 Å². The van der Waals surface area contributed by atoms with Gasteiger partial charge in [-0.05, 0) is 45.2 Å². The van der Waals surface area contributed by atoms with Crippen molar-refractivity contribution in [3.05, 3.63) is 47.6 Å². The Kier molecular flexibility index (Phi) is 3.93. The number of fused-ring (bicyclic) bond motifs is 1. The Labute approximate surface area is 143 Å². The Bertz CT molecular complexity index is 698. The van der Waals surface area contributed by atoms with Crippen LogP contribution in [0.5, 0.6) is 0 Å². The van der Waals surface area contributed by atoms with E-state index in [4.69, 9.17) is 14.2 Å². The number of hydrogen-bond acceptors (Lipinski definition) is 5. The standard InChI is InChI=1S/C19H25N3O2/c1-19(2,23-3)18-20-17(21-24-18)14-12-16(13-8-5-4-6-9-13)22-11-7-10-15(14)22/h4-6,8-9,14-16H,7,10-12H2,1-3H3/t14-,15+,16-/m1/s1. The first-order valence-electron chi connectivity index (χ1n) is 8.80. The van der Waals surface area contributed by atoms with E-state index in [-0.39, 0.29) is 0 Å². The van der Waals surface area contributed by atoms with Gasteiger partial charge in [-0.2, -0.15) is 4.98 Å². The molecule has 4 rings (SSSR count). The summed E-state index contributed by atoms with van der Waals surface area (Å²) in [7, 11) is 1.67. The zero-order valence-electron chi connectivity index (χ0n) is 14.6. The van der Waals surface area contributed by atoms with Gasteiger partial charge in [0.15, 0.2) is 5.82 Å². The normalized spacial score (nSPS) is 27.5. The van der Waals surface area contributed by atoms with E-state index >= 15 is 0 Å². The summed E-state index contributed by atoms with van der Waals surface area (Å²) in [5, 5.41) is 4.31. The molecule has 3 atom stereocenters. The van der Waals surface area contributed by atoms with Crippen molar-refractivity contribution in [3.8, 4) is 0 Å². The van der Waals surface area contributed by atoms with E-state index in [1.165, 1.54) is 18.4 Å². The summed E-state index contributed by atoms with van der Waals surface area (Å²) >= 11 is 0. The summed E-state index contributed by atoms with van der Waals surface area (Å²) in [6.45, 7) is 5.07. The molecule has 5 heteroatoms. The molecule has 0 aliphatic carbocycles. The number of methoxy groups -OCH3 is 1. The maximum absolute atomic E-state index is 5.52. The highest BCUT2D eigenvalue weighted by molar-refractivity contribution is 5.24. The Morgan fingerprint density at radius 1 is 1.25 bits per heavy atom. The van der Waals surface area contributed by atoms with E-state index in [1.807, 2.05) is 13.8 Å². The molecule has 0 unspecified atom stereocenters. The highest BCUT2D eigenvalue weighted by Gasteiger charge is 2.46. The van der Waals surface area contributed by atoms with Crippen molar-refractivity contribution in [2.75, 3.05) is 13.7 Å². The Morgan fingerprint density at radius 3 is 2.79 bits per heavy atom. The Hall–Kier alpha value is -1.72. The summed E-state index contributed by atoms with van der Waals surface area (Å²) in [6, 6.07) is 11.8. The average Bonchev–Trinajstić information content (AvgIpc) is 3.31.